The minimum Gasteiger partial charge on any atom is -0.309 e. The van der Waals surface area contributed by atoms with Crippen LogP contribution in [0.5, 0.6) is 0 Å². The summed E-state index contributed by atoms with van der Waals surface area (Å²) in [4.78, 5) is 4.91. The van der Waals surface area contributed by atoms with E-state index in [0.29, 0.717) is 0 Å². The molecule has 1 aliphatic carbocycles. The lowest BCUT2D eigenvalue weighted by molar-refractivity contribution is 0.667. The second-order valence-corrected chi connectivity index (χ2v) is 20.5. The Labute approximate surface area is 396 Å². The first-order valence-corrected chi connectivity index (χ1v) is 24.7. The van der Waals surface area contributed by atoms with Crippen molar-refractivity contribution in [2.45, 2.75) is 19.3 Å². The van der Waals surface area contributed by atoms with Crippen molar-refractivity contribution in [3.63, 3.8) is 0 Å². The van der Waals surface area contributed by atoms with Crippen molar-refractivity contribution in [1.82, 2.24) is 0 Å². The SMILES string of the molecule is CC1(C)c2cc3cc(N(c4ccccc4)c4cccc5c4sc4ccccc45)ccc3cc2-c2c1c1ccc(N(c3ccccc3)c3cccc4c3sc3ccccc34)cc1c1ccccc21. The van der Waals surface area contributed by atoms with Gasteiger partial charge in [-0.15, -0.1) is 22.7 Å². The van der Waals surface area contributed by atoms with Gasteiger partial charge in [0.2, 0.25) is 0 Å². The largest absolute Gasteiger partial charge is 0.309 e. The van der Waals surface area contributed by atoms with Crippen molar-refractivity contribution < 1.29 is 0 Å². The van der Waals surface area contributed by atoms with Crippen molar-refractivity contribution in [3.8, 4) is 11.1 Å². The summed E-state index contributed by atoms with van der Waals surface area (Å²) in [7, 11) is 0. The summed E-state index contributed by atoms with van der Waals surface area (Å²) in [6.07, 6.45) is 0. The van der Waals surface area contributed by atoms with Gasteiger partial charge in [-0.25, -0.2) is 0 Å². The molecule has 2 nitrogen and oxygen atoms in total. The Morgan fingerprint density at radius 1 is 0.343 bits per heavy atom. The Balaban J connectivity index is 0.949. The fourth-order valence-electron chi connectivity index (χ4n) is 11.4. The molecule has 13 aromatic rings. The molecule has 316 valence electrons. The number of fused-ring (bicyclic) bond motifs is 15. The molecule has 11 aromatic carbocycles. The van der Waals surface area contributed by atoms with Crippen molar-refractivity contribution in [3.05, 3.63) is 230 Å². The van der Waals surface area contributed by atoms with E-state index < -0.39 is 0 Å². The summed E-state index contributed by atoms with van der Waals surface area (Å²) in [6.45, 7) is 4.87. The Kier molecular flexibility index (Phi) is 8.40. The highest BCUT2D eigenvalue weighted by Crippen LogP contribution is 2.57. The zero-order chi connectivity index (χ0) is 44.4. The normalized spacial score (nSPS) is 13.0. The van der Waals surface area contributed by atoms with Crippen LogP contribution in [-0.2, 0) is 5.41 Å². The van der Waals surface area contributed by atoms with Crippen molar-refractivity contribution in [2.24, 2.45) is 0 Å². The third-order valence-electron chi connectivity index (χ3n) is 14.3. The van der Waals surface area contributed by atoms with E-state index in [0.717, 1.165) is 22.7 Å². The monoisotopic (exact) mass is 890 g/mol. The first-order chi connectivity index (χ1) is 33.0. The van der Waals surface area contributed by atoms with Crippen LogP contribution in [0.3, 0.4) is 0 Å². The van der Waals surface area contributed by atoms with Gasteiger partial charge in [0, 0.05) is 59.1 Å². The summed E-state index contributed by atoms with van der Waals surface area (Å²) in [5.74, 6) is 0. The predicted molar refractivity (Wildman–Crippen MR) is 292 cm³/mol. The Morgan fingerprint density at radius 2 is 0.851 bits per heavy atom. The topological polar surface area (TPSA) is 6.48 Å². The molecule has 67 heavy (non-hydrogen) atoms. The van der Waals surface area contributed by atoms with Crippen LogP contribution in [0.15, 0.2) is 218 Å². The molecule has 0 unspecified atom stereocenters. The number of benzene rings is 11. The summed E-state index contributed by atoms with van der Waals surface area (Å²) < 4.78 is 5.21. The highest BCUT2D eigenvalue weighted by molar-refractivity contribution is 7.26. The highest BCUT2D eigenvalue weighted by atomic mass is 32.1. The van der Waals surface area contributed by atoms with E-state index in [1.165, 1.54) is 106 Å². The van der Waals surface area contributed by atoms with Gasteiger partial charge in [-0.05, 0) is 140 Å². The number of nitrogens with zero attached hydrogens (tertiary/aromatic N) is 2. The minimum atomic E-state index is -0.262. The maximum absolute atomic E-state index is 2.50. The van der Waals surface area contributed by atoms with E-state index in [1.807, 2.05) is 22.7 Å². The maximum atomic E-state index is 2.50. The van der Waals surface area contributed by atoms with E-state index in [1.54, 1.807) is 0 Å². The number of hydrogen-bond acceptors (Lipinski definition) is 4. The van der Waals surface area contributed by atoms with Gasteiger partial charge in [-0.1, -0.05) is 147 Å². The van der Waals surface area contributed by atoms with E-state index in [2.05, 4.69) is 242 Å². The van der Waals surface area contributed by atoms with Gasteiger partial charge in [0.05, 0.1) is 20.8 Å². The molecule has 0 aliphatic heterocycles. The Bertz CT molecular complexity index is 4140. The summed E-state index contributed by atoms with van der Waals surface area (Å²) >= 11 is 3.76. The summed E-state index contributed by atoms with van der Waals surface area (Å²) in [5, 5.41) is 12.9. The molecule has 2 aromatic heterocycles. The van der Waals surface area contributed by atoms with Crippen LogP contribution in [0.2, 0.25) is 0 Å². The van der Waals surface area contributed by atoms with E-state index >= 15 is 0 Å². The summed E-state index contributed by atoms with van der Waals surface area (Å²) in [5.41, 5.74) is 12.2. The molecule has 0 saturated carbocycles. The molecule has 4 heteroatoms. The zero-order valence-corrected chi connectivity index (χ0v) is 38.6. The van der Waals surface area contributed by atoms with Crippen LogP contribution in [-0.4, -0.2) is 0 Å². The molecule has 1 aliphatic rings. The van der Waals surface area contributed by atoms with Gasteiger partial charge in [-0.2, -0.15) is 0 Å². The standard InChI is InChI=1S/C63H42N2S2/c1-63(2)54-37-40-35-43(64(41-17-5-3-6-18-41)55-27-15-25-50-46-22-11-13-29-57(46)66-61(50)55)32-31-39(40)36-53(54)59-48-24-10-9-21-45(48)52-38-44(33-34-49(52)60(59)63)65(42-19-7-4-8-20-42)56-28-16-26-51-47-23-12-14-30-58(47)67-62(51)56/h3-38H,1-2H3. The van der Waals surface area contributed by atoms with E-state index in [-0.39, 0.29) is 5.41 Å². The lowest BCUT2D eigenvalue weighted by atomic mass is 9.79. The third-order valence-corrected chi connectivity index (χ3v) is 16.7. The molecule has 2 heterocycles. The fourth-order valence-corrected chi connectivity index (χ4v) is 13.8. The minimum absolute atomic E-state index is 0.262. The van der Waals surface area contributed by atoms with Crippen molar-refractivity contribution >= 4 is 129 Å². The number of thiophene rings is 2. The van der Waals surface area contributed by atoms with Gasteiger partial charge in [0.15, 0.2) is 0 Å². The zero-order valence-electron chi connectivity index (χ0n) is 37.0. The summed E-state index contributed by atoms with van der Waals surface area (Å²) in [6, 6.07) is 81.1. The molecular formula is C63H42N2S2. The van der Waals surface area contributed by atoms with E-state index in [9.17, 15) is 0 Å². The molecule has 0 fully saturated rings. The van der Waals surface area contributed by atoms with E-state index in [4.69, 9.17) is 0 Å². The van der Waals surface area contributed by atoms with Gasteiger partial charge in [-0.3, -0.25) is 0 Å². The lowest BCUT2D eigenvalue weighted by Gasteiger charge is -2.28. The van der Waals surface area contributed by atoms with Gasteiger partial charge >= 0.3 is 0 Å². The highest BCUT2D eigenvalue weighted by Gasteiger charge is 2.39. The van der Waals surface area contributed by atoms with Crippen molar-refractivity contribution in [2.75, 3.05) is 9.80 Å². The molecule has 0 radical (unpaired) electrons. The smallest absolute Gasteiger partial charge is 0.0640 e. The quantitative estimate of drug-likeness (QED) is 0.154. The molecule has 0 atom stereocenters. The number of rotatable bonds is 6. The van der Waals surface area contributed by atoms with Crippen molar-refractivity contribution in [1.29, 1.82) is 0 Å². The average molecular weight is 891 g/mol. The fraction of sp³-hybridized carbons (Fsp3) is 0.0476. The van der Waals surface area contributed by atoms with Crippen LogP contribution in [0, 0.1) is 0 Å². The average Bonchev–Trinajstić information content (AvgIpc) is 4.02. The van der Waals surface area contributed by atoms with Crippen LogP contribution in [0.4, 0.5) is 34.1 Å². The number of anilines is 6. The van der Waals surface area contributed by atoms with Crippen LogP contribution < -0.4 is 9.80 Å². The molecule has 0 bridgehead atoms. The molecular weight excluding hydrogens is 849 g/mol. The van der Waals surface area contributed by atoms with Gasteiger partial charge in [0.1, 0.15) is 0 Å². The molecule has 0 spiro atoms. The van der Waals surface area contributed by atoms with Crippen LogP contribution >= 0.6 is 22.7 Å². The first-order valence-electron chi connectivity index (χ1n) is 23.1. The second-order valence-electron chi connectivity index (χ2n) is 18.4. The molecule has 0 saturated heterocycles. The second kappa shape index (κ2) is 14.6. The molecule has 0 amide bonds. The molecule has 0 N–H and O–H groups in total. The molecule has 14 rings (SSSR count). The van der Waals surface area contributed by atoms with Gasteiger partial charge < -0.3 is 9.80 Å². The maximum Gasteiger partial charge on any atom is 0.0640 e. The lowest BCUT2D eigenvalue weighted by Crippen LogP contribution is -2.16. The van der Waals surface area contributed by atoms with Crippen LogP contribution in [0.1, 0.15) is 25.0 Å². The Morgan fingerprint density at radius 3 is 1.46 bits per heavy atom. The van der Waals surface area contributed by atoms with Gasteiger partial charge in [0.25, 0.3) is 0 Å². The third kappa shape index (κ3) is 5.73. The Hall–Kier alpha value is -7.76. The van der Waals surface area contributed by atoms with Crippen LogP contribution in [0.25, 0.3) is 83.8 Å². The predicted octanol–water partition coefficient (Wildman–Crippen LogP) is 19.1. The number of hydrogen-bond donors (Lipinski definition) is 0. The number of para-hydroxylation sites is 2. The first kappa shape index (κ1) is 38.5.